The Morgan fingerprint density at radius 2 is 2.00 bits per heavy atom. The minimum atomic E-state index is 0.243. The van der Waals surface area contributed by atoms with E-state index in [1.807, 2.05) is 10.9 Å². The quantitative estimate of drug-likeness (QED) is 0.689. The first kappa shape index (κ1) is 15.3. The number of unbranched alkanes of at least 4 members (excludes halogenated alkanes) is 1. The number of rotatable bonds is 7. The van der Waals surface area contributed by atoms with Crippen LogP contribution in [-0.4, -0.2) is 15.6 Å². The first-order valence-electron chi connectivity index (χ1n) is 8.31. The molecular weight excluding hydrogens is 248 g/mol. The molecule has 0 aromatic carbocycles. The van der Waals surface area contributed by atoms with Crippen molar-refractivity contribution >= 4 is 5.78 Å². The lowest BCUT2D eigenvalue weighted by Crippen LogP contribution is -2.21. The van der Waals surface area contributed by atoms with Crippen molar-refractivity contribution in [1.82, 2.24) is 9.78 Å². The summed E-state index contributed by atoms with van der Waals surface area (Å²) in [6.45, 7) is 5.28. The molecule has 1 aromatic rings. The van der Waals surface area contributed by atoms with Gasteiger partial charge in [-0.05, 0) is 38.0 Å². The lowest BCUT2D eigenvalue weighted by atomic mass is 9.77. The Labute approximate surface area is 122 Å². The van der Waals surface area contributed by atoms with Gasteiger partial charge in [-0.2, -0.15) is 5.10 Å². The van der Waals surface area contributed by atoms with Crippen LogP contribution < -0.4 is 0 Å². The molecule has 0 amide bonds. The molecule has 0 saturated heterocycles. The van der Waals surface area contributed by atoms with Crippen LogP contribution in [0.2, 0.25) is 0 Å². The molecule has 1 aromatic heterocycles. The summed E-state index contributed by atoms with van der Waals surface area (Å²) in [5, 5.41) is 4.27. The Kier molecular flexibility index (Phi) is 5.81. The zero-order valence-electron chi connectivity index (χ0n) is 13.0. The van der Waals surface area contributed by atoms with E-state index in [9.17, 15) is 4.79 Å². The van der Waals surface area contributed by atoms with Gasteiger partial charge in [-0.1, -0.05) is 33.1 Å². The SMILES string of the molecule is CCCCC1CCC(C(=O)c2cnn(CCC)c2)CC1. The number of hydrogen-bond acceptors (Lipinski definition) is 2. The van der Waals surface area contributed by atoms with Gasteiger partial charge in [0, 0.05) is 18.7 Å². The number of carbonyl (C=O) groups is 1. The average Bonchev–Trinajstić information content (AvgIpc) is 2.94. The highest BCUT2D eigenvalue weighted by Crippen LogP contribution is 2.33. The summed E-state index contributed by atoms with van der Waals surface area (Å²) in [6, 6.07) is 0. The molecule has 3 heteroatoms. The van der Waals surface area contributed by atoms with E-state index in [4.69, 9.17) is 0 Å². The van der Waals surface area contributed by atoms with Crippen molar-refractivity contribution in [2.24, 2.45) is 11.8 Å². The molecule has 20 heavy (non-hydrogen) atoms. The van der Waals surface area contributed by atoms with Crippen LogP contribution in [0.15, 0.2) is 12.4 Å². The largest absolute Gasteiger partial charge is 0.294 e. The first-order chi connectivity index (χ1) is 9.74. The lowest BCUT2D eigenvalue weighted by molar-refractivity contribution is 0.0869. The van der Waals surface area contributed by atoms with Crippen LogP contribution in [0.4, 0.5) is 0 Å². The summed E-state index contributed by atoms with van der Waals surface area (Å²) in [6.07, 6.45) is 13.3. The van der Waals surface area contributed by atoms with Crippen molar-refractivity contribution in [3.63, 3.8) is 0 Å². The lowest BCUT2D eigenvalue weighted by Gasteiger charge is -2.27. The summed E-state index contributed by atoms with van der Waals surface area (Å²) < 4.78 is 1.89. The molecule has 1 aliphatic carbocycles. The number of nitrogens with zero attached hydrogens (tertiary/aromatic N) is 2. The normalized spacial score (nSPS) is 22.9. The highest BCUT2D eigenvalue weighted by atomic mass is 16.1. The molecule has 0 atom stereocenters. The molecule has 2 rings (SSSR count). The Balaban J connectivity index is 1.84. The van der Waals surface area contributed by atoms with E-state index in [2.05, 4.69) is 18.9 Å². The standard InChI is InChI=1S/C17H28N2O/c1-3-5-6-14-7-9-15(10-8-14)17(20)16-12-18-19(13-16)11-4-2/h12-15H,3-11H2,1-2H3. The average molecular weight is 276 g/mol. The minimum Gasteiger partial charge on any atom is -0.294 e. The fourth-order valence-corrected chi connectivity index (χ4v) is 3.28. The predicted octanol–water partition coefficient (Wildman–Crippen LogP) is 4.47. The fourth-order valence-electron chi connectivity index (χ4n) is 3.28. The van der Waals surface area contributed by atoms with Crippen molar-refractivity contribution in [1.29, 1.82) is 0 Å². The molecule has 0 aliphatic heterocycles. The zero-order valence-corrected chi connectivity index (χ0v) is 13.0. The van der Waals surface area contributed by atoms with Crippen LogP contribution in [0.25, 0.3) is 0 Å². The number of aryl methyl sites for hydroxylation is 1. The van der Waals surface area contributed by atoms with E-state index in [0.29, 0.717) is 5.78 Å². The van der Waals surface area contributed by atoms with Gasteiger partial charge >= 0.3 is 0 Å². The van der Waals surface area contributed by atoms with Crippen molar-refractivity contribution in [3.05, 3.63) is 18.0 Å². The fraction of sp³-hybridized carbons (Fsp3) is 0.765. The van der Waals surface area contributed by atoms with Gasteiger partial charge in [0.1, 0.15) is 0 Å². The Morgan fingerprint density at radius 3 is 2.65 bits per heavy atom. The zero-order chi connectivity index (χ0) is 14.4. The van der Waals surface area contributed by atoms with Crippen molar-refractivity contribution < 1.29 is 4.79 Å². The van der Waals surface area contributed by atoms with E-state index < -0.39 is 0 Å². The topological polar surface area (TPSA) is 34.9 Å². The van der Waals surface area contributed by atoms with Crippen LogP contribution in [0.3, 0.4) is 0 Å². The van der Waals surface area contributed by atoms with Gasteiger partial charge in [0.15, 0.2) is 5.78 Å². The molecule has 0 radical (unpaired) electrons. The van der Waals surface area contributed by atoms with Crippen LogP contribution in [0.5, 0.6) is 0 Å². The van der Waals surface area contributed by atoms with Gasteiger partial charge in [0.05, 0.1) is 11.8 Å². The number of carbonyl (C=O) groups excluding carboxylic acids is 1. The van der Waals surface area contributed by atoms with Crippen molar-refractivity contribution in [2.45, 2.75) is 71.8 Å². The van der Waals surface area contributed by atoms with E-state index in [0.717, 1.165) is 37.3 Å². The second kappa shape index (κ2) is 7.61. The van der Waals surface area contributed by atoms with Crippen LogP contribution >= 0.6 is 0 Å². The molecular formula is C17H28N2O. The van der Waals surface area contributed by atoms with E-state index in [1.54, 1.807) is 6.20 Å². The molecule has 1 fully saturated rings. The summed E-state index contributed by atoms with van der Waals surface area (Å²) >= 11 is 0. The highest BCUT2D eigenvalue weighted by Gasteiger charge is 2.27. The molecule has 112 valence electrons. The smallest absolute Gasteiger partial charge is 0.169 e. The maximum absolute atomic E-state index is 12.5. The van der Waals surface area contributed by atoms with E-state index >= 15 is 0 Å². The molecule has 1 aliphatic rings. The van der Waals surface area contributed by atoms with Crippen molar-refractivity contribution in [3.8, 4) is 0 Å². The number of hydrogen-bond donors (Lipinski definition) is 0. The Hall–Kier alpha value is -1.12. The highest BCUT2D eigenvalue weighted by molar-refractivity contribution is 5.97. The molecule has 0 N–H and O–H groups in total. The van der Waals surface area contributed by atoms with E-state index in [1.165, 1.54) is 32.1 Å². The van der Waals surface area contributed by atoms with Crippen LogP contribution in [0, 0.1) is 11.8 Å². The molecule has 3 nitrogen and oxygen atoms in total. The van der Waals surface area contributed by atoms with Gasteiger partial charge in [0.25, 0.3) is 0 Å². The van der Waals surface area contributed by atoms with E-state index in [-0.39, 0.29) is 5.92 Å². The molecule has 0 spiro atoms. The van der Waals surface area contributed by atoms with Crippen LogP contribution in [-0.2, 0) is 6.54 Å². The second-order valence-corrected chi connectivity index (χ2v) is 6.22. The maximum atomic E-state index is 12.5. The first-order valence-corrected chi connectivity index (χ1v) is 8.31. The molecule has 0 unspecified atom stereocenters. The monoisotopic (exact) mass is 276 g/mol. The van der Waals surface area contributed by atoms with Gasteiger partial charge in [-0.3, -0.25) is 9.48 Å². The third-order valence-corrected chi connectivity index (χ3v) is 4.55. The third kappa shape index (κ3) is 3.94. The summed E-state index contributed by atoms with van der Waals surface area (Å²) in [4.78, 5) is 12.5. The summed E-state index contributed by atoms with van der Waals surface area (Å²) in [7, 11) is 0. The third-order valence-electron chi connectivity index (χ3n) is 4.55. The van der Waals surface area contributed by atoms with Gasteiger partial charge < -0.3 is 0 Å². The predicted molar refractivity (Wildman–Crippen MR) is 81.8 cm³/mol. The Bertz CT molecular complexity index is 416. The second-order valence-electron chi connectivity index (χ2n) is 6.22. The van der Waals surface area contributed by atoms with Gasteiger partial charge in [0.2, 0.25) is 0 Å². The van der Waals surface area contributed by atoms with Crippen LogP contribution in [0.1, 0.15) is 75.6 Å². The minimum absolute atomic E-state index is 0.243. The summed E-state index contributed by atoms with van der Waals surface area (Å²) in [5.41, 5.74) is 0.815. The van der Waals surface area contributed by atoms with Gasteiger partial charge in [-0.15, -0.1) is 0 Å². The maximum Gasteiger partial charge on any atom is 0.169 e. The molecule has 0 bridgehead atoms. The van der Waals surface area contributed by atoms with Crippen molar-refractivity contribution in [2.75, 3.05) is 0 Å². The van der Waals surface area contributed by atoms with Gasteiger partial charge in [-0.25, -0.2) is 0 Å². The number of Topliss-reactive ketones (excluding diaryl/α,β-unsaturated/α-hetero) is 1. The number of aromatic nitrogens is 2. The Morgan fingerprint density at radius 1 is 1.25 bits per heavy atom. The molecule has 1 saturated carbocycles. The molecule has 1 heterocycles. The summed E-state index contributed by atoms with van der Waals surface area (Å²) in [5.74, 6) is 1.43. The number of ketones is 1.